The van der Waals surface area contributed by atoms with E-state index < -0.39 is 0 Å². The molecule has 1 N–H and O–H groups in total. The van der Waals surface area contributed by atoms with Crippen LogP contribution in [0.1, 0.15) is 36.8 Å². The fraction of sp³-hybridized carbons (Fsp3) is 0.500. The second-order valence-corrected chi connectivity index (χ2v) is 9.34. The number of hydrogen-bond donors (Lipinski definition) is 1. The van der Waals surface area contributed by atoms with Gasteiger partial charge in [-0.3, -0.25) is 0 Å². The number of fused-ring (bicyclic) bond motifs is 1. The predicted octanol–water partition coefficient (Wildman–Crippen LogP) is 5.39. The van der Waals surface area contributed by atoms with Crippen molar-refractivity contribution in [3.8, 4) is 0 Å². The third kappa shape index (κ3) is 3.00. The standard InChI is InChI=1S/C24H30N2S/c1-3-24(19-10-7-11-20(13-19)25-27-2)22-15-26(16-23(22)24)14-18-12-21(18)17-8-5-4-6-9-17/h4-11,13,18,21-23,25H,3,12,14-16H2,1-2H3. The van der Waals surface area contributed by atoms with Gasteiger partial charge in [-0.05, 0) is 59.8 Å². The molecule has 1 saturated heterocycles. The number of hydrogen-bond acceptors (Lipinski definition) is 3. The topological polar surface area (TPSA) is 15.3 Å². The summed E-state index contributed by atoms with van der Waals surface area (Å²) >= 11 is 1.68. The molecule has 3 aliphatic rings. The molecule has 1 aliphatic heterocycles. The molecule has 0 spiro atoms. The van der Waals surface area contributed by atoms with Crippen molar-refractivity contribution in [2.24, 2.45) is 17.8 Å². The van der Waals surface area contributed by atoms with Crippen molar-refractivity contribution < 1.29 is 0 Å². The van der Waals surface area contributed by atoms with E-state index in [1.807, 2.05) is 0 Å². The average molecular weight is 379 g/mol. The molecule has 3 fully saturated rings. The van der Waals surface area contributed by atoms with Crippen LogP contribution in [0.4, 0.5) is 5.69 Å². The number of piperidine rings is 1. The molecule has 142 valence electrons. The Balaban J connectivity index is 1.22. The molecule has 1 heterocycles. The molecule has 2 aromatic rings. The predicted molar refractivity (Wildman–Crippen MR) is 116 cm³/mol. The summed E-state index contributed by atoms with van der Waals surface area (Å²) in [5.41, 5.74) is 4.80. The molecule has 0 amide bonds. The molecule has 2 nitrogen and oxygen atoms in total. The van der Waals surface area contributed by atoms with Crippen LogP contribution in [0.5, 0.6) is 0 Å². The lowest BCUT2D eigenvalue weighted by Crippen LogP contribution is -2.31. The zero-order valence-electron chi connectivity index (χ0n) is 16.4. The number of nitrogens with zero attached hydrogens (tertiary/aromatic N) is 1. The first-order chi connectivity index (χ1) is 13.3. The molecule has 27 heavy (non-hydrogen) atoms. The third-order valence-corrected chi connectivity index (χ3v) is 7.90. The van der Waals surface area contributed by atoms with Crippen molar-refractivity contribution in [1.29, 1.82) is 0 Å². The lowest BCUT2D eigenvalue weighted by atomic mass is 9.87. The van der Waals surface area contributed by atoms with Crippen molar-refractivity contribution in [3.63, 3.8) is 0 Å². The highest BCUT2D eigenvalue weighted by Gasteiger charge is 2.67. The van der Waals surface area contributed by atoms with Crippen molar-refractivity contribution in [1.82, 2.24) is 4.90 Å². The van der Waals surface area contributed by atoms with Crippen LogP contribution in [-0.4, -0.2) is 30.8 Å². The Morgan fingerprint density at radius 2 is 1.85 bits per heavy atom. The zero-order chi connectivity index (χ0) is 18.4. The van der Waals surface area contributed by atoms with Crippen molar-refractivity contribution in [3.05, 3.63) is 65.7 Å². The quantitative estimate of drug-likeness (QED) is 0.650. The number of anilines is 1. The molecule has 3 heteroatoms. The second-order valence-electron chi connectivity index (χ2n) is 8.73. The molecule has 5 rings (SSSR count). The molecule has 2 saturated carbocycles. The molecule has 4 unspecified atom stereocenters. The second kappa shape index (κ2) is 6.86. The number of rotatable bonds is 7. The smallest absolute Gasteiger partial charge is 0.0442 e. The lowest BCUT2D eigenvalue weighted by molar-refractivity contribution is 0.258. The summed E-state index contributed by atoms with van der Waals surface area (Å²) in [4.78, 5) is 2.76. The number of benzene rings is 2. The van der Waals surface area contributed by atoms with Gasteiger partial charge in [0, 0.05) is 37.0 Å². The normalized spacial score (nSPS) is 34.3. The van der Waals surface area contributed by atoms with Crippen molar-refractivity contribution in [2.75, 3.05) is 30.6 Å². The van der Waals surface area contributed by atoms with Gasteiger partial charge >= 0.3 is 0 Å². The van der Waals surface area contributed by atoms with Crippen molar-refractivity contribution in [2.45, 2.75) is 31.1 Å². The van der Waals surface area contributed by atoms with Gasteiger partial charge in [0.15, 0.2) is 0 Å². The minimum absolute atomic E-state index is 0.439. The summed E-state index contributed by atoms with van der Waals surface area (Å²) in [6, 6.07) is 20.3. The van der Waals surface area contributed by atoms with Gasteiger partial charge in [0.1, 0.15) is 0 Å². The van der Waals surface area contributed by atoms with E-state index in [4.69, 9.17) is 0 Å². The average Bonchev–Trinajstić information content (AvgIpc) is 3.55. The maximum absolute atomic E-state index is 3.41. The molecule has 0 aromatic heterocycles. The van der Waals surface area contributed by atoms with Crippen molar-refractivity contribution >= 4 is 17.6 Å². The molecule has 4 atom stereocenters. The summed E-state index contributed by atoms with van der Waals surface area (Å²) in [5.74, 6) is 3.42. The fourth-order valence-corrected chi connectivity index (χ4v) is 6.36. The van der Waals surface area contributed by atoms with Crippen LogP contribution in [0.15, 0.2) is 54.6 Å². The van der Waals surface area contributed by atoms with Gasteiger partial charge in [-0.25, -0.2) is 0 Å². The molecular formula is C24H30N2S. The number of likely N-dealkylation sites (tertiary alicyclic amines) is 1. The molecule has 0 bridgehead atoms. The molecule has 2 aromatic carbocycles. The van der Waals surface area contributed by atoms with Crippen LogP contribution in [-0.2, 0) is 5.41 Å². The summed E-state index contributed by atoms with van der Waals surface area (Å²) in [6.07, 6.45) is 4.75. The Bertz CT molecular complexity index is 793. The highest BCUT2D eigenvalue weighted by atomic mass is 32.2. The van der Waals surface area contributed by atoms with Crippen LogP contribution in [0.25, 0.3) is 0 Å². The van der Waals surface area contributed by atoms with E-state index >= 15 is 0 Å². The molecule has 0 radical (unpaired) electrons. The highest BCUT2D eigenvalue weighted by Crippen LogP contribution is 2.66. The Kier molecular flexibility index (Phi) is 4.48. The minimum Gasteiger partial charge on any atom is -0.330 e. The Labute approximate surface area is 167 Å². The third-order valence-electron chi connectivity index (χ3n) is 7.46. The van der Waals surface area contributed by atoms with Gasteiger partial charge in [0.05, 0.1) is 0 Å². The first kappa shape index (κ1) is 17.6. The maximum Gasteiger partial charge on any atom is 0.0442 e. The van der Waals surface area contributed by atoms with E-state index in [2.05, 4.69) is 77.4 Å². The highest BCUT2D eigenvalue weighted by molar-refractivity contribution is 7.99. The summed E-state index contributed by atoms with van der Waals surface area (Å²) < 4.78 is 3.41. The zero-order valence-corrected chi connectivity index (χ0v) is 17.2. The van der Waals surface area contributed by atoms with Crippen LogP contribution in [0.3, 0.4) is 0 Å². The monoisotopic (exact) mass is 378 g/mol. The summed E-state index contributed by atoms with van der Waals surface area (Å²) in [7, 11) is 0. The van der Waals surface area contributed by atoms with E-state index in [0.717, 1.165) is 23.7 Å². The van der Waals surface area contributed by atoms with E-state index in [1.54, 1.807) is 23.1 Å². The van der Waals surface area contributed by atoms with Gasteiger partial charge in [-0.1, -0.05) is 61.3 Å². The van der Waals surface area contributed by atoms with E-state index in [0.29, 0.717) is 5.41 Å². The summed E-state index contributed by atoms with van der Waals surface area (Å²) in [6.45, 7) is 6.30. The first-order valence-electron chi connectivity index (χ1n) is 10.4. The Hall–Kier alpha value is -1.45. The SMILES string of the molecule is CCC1(c2cccc(NSC)c2)C2CN(CC3CC3c3ccccc3)CC21. The minimum atomic E-state index is 0.439. The van der Waals surface area contributed by atoms with Crippen LogP contribution in [0, 0.1) is 17.8 Å². The lowest BCUT2D eigenvalue weighted by Gasteiger charge is -2.27. The molecule has 2 aliphatic carbocycles. The molecular weight excluding hydrogens is 348 g/mol. The van der Waals surface area contributed by atoms with Gasteiger partial charge in [0.2, 0.25) is 0 Å². The van der Waals surface area contributed by atoms with E-state index in [1.165, 1.54) is 38.2 Å². The van der Waals surface area contributed by atoms with Gasteiger partial charge in [-0.15, -0.1) is 0 Å². The van der Waals surface area contributed by atoms with Crippen LogP contribution in [0.2, 0.25) is 0 Å². The van der Waals surface area contributed by atoms with E-state index in [-0.39, 0.29) is 0 Å². The largest absolute Gasteiger partial charge is 0.330 e. The first-order valence-corrected chi connectivity index (χ1v) is 11.7. The van der Waals surface area contributed by atoms with Gasteiger partial charge < -0.3 is 9.62 Å². The fourth-order valence-electron chi connectivity index (χ4n) is 6.00. The number of nitrogens with one attached hydrogen (secondary N) is 1. The summed E-state index contributed by atoms with van der Waals surface area (Å²) in [5, 5.41) is 0. The van der Waals surface area contributed by atoms with Crippen LogP contribution >= 0.6 is 11.9 Å². The van der Waals surface area contributed by atoms with Crippen LogP contribution < -0.4 is 4.72 Å². The van der Waals surface area contributed by atoms with E-state index in [9.17, 15) is 0 Å². The van der Waals surface area contributed by atoms with Gasteiger partial charge in [0.25, 0.3) is 0 Å². The Morgan fingerprint density at radius 1 is 1.07 bits per heavy atom. The maximum atomic E-state index is 3.41. The Morgan fingerprint density at radius 3 is 2.56 bits per heavy atom. The van der Waals surface area contributed by atoms with Gasteiger partial charge in [-0.2, -0.15) is 0 Å².